The van der Waals surface area contributed by atoms with Gasteiger partial charge in [-0.05, 0) is 17.7 Å². The molecule has 0 atom stereocenters. The van der Waals surface area contributed by atoms with E-state index in [2.05, 4.69) is 6.58 Å². The van der Waals surface area contributed by atoms with E-state index < -0.39 is 23.4 Å². The predicted molar refractivity (Wildman–Crippen MR) is 44.5 cm³/mol. The normalized spacial score (nSPS) is 9.93. The molecule has 0 saturated carbocycles. The molecule has 0 heterocycles. The molecule has 1 aromatic rings. The van der Waals surface area contributed by atoms with E-state index in [1.165, 1.54) is 0 Å². The first-order chi connectivity index (χ1) is 6.43. The van der Waals surface area contributed by atoms with Gasteiger partial charge in [0.2, 0.25) is 5.91 Å². The highest BCUT2D eigenvalue weighted by atomic mass is 19.2. The Hall–Kier alpha value is -1.78. The molecule has 0 saturated heterocycles. The van der Waals surface area contributed by atoms with Crippen molar-refractivity contribution in [2.45, 2.75) is 0 Å². The van der Waals surface area contributed by atoms with Gasteiger partial charge in [0.15, 0.2) is 17.5 Å². The zero-order valence-electron chi connectivity index (χ0n) is 6.98. The Labute approximate surface area is 77.8 Å². The molecular formula is C9H6F3NO. The van der Waals surface area contributed by atoms with Crippen LogP contribution in [0.3, 0.4) is 0 Å². The van der Waals surface area contributed by atoms with Gasteiger partial charge in [-0.25, -0.2) is 13.2 Å². The van der Waals surface area contributed by atoms with Crippen molar-refractivity contribution in [1.82, 2.24) is 0 Å². The fourth-order valence-electron chi connectivity index (χ4n) is 0.872. The number of amides is 1. The smallest absolute Gasteiger partial charge is 0.248 e. The maximum absolute atomic E-state index is 12.7. The summed E-state index contributed by atoms with van der Waals surface area (Å²) in [6, 6.07) is 1.32. The molecular weight excluding hydrogens is 195 g/mol. The summed E-state index contributed by atoms with van der Waals surface area (Å²) in [5, 5.41) is 0. The molecule has 0 aromatic heterocycles. The van der Waals surface area contributed by atoms with Gasteiger partial charge in [0, 0.05) is 5.57 Å². The molecule has 1 amide bonds. The molecule has 1 rings (SSSR count). The van der Waals surface area contributed by atoms with E-state index in [-0.39, 0.29) is 11.1 Å². The zero-order chi connectivity index (χ0) is 10.9. The lowest BCUT2D eigenvalue weighted by Crippen LogP contribution is -2.12. The number of benzene rings is 1. The highest BCUT2D eigenvalue weighted by Gasteiger charge is 2.13. The Morgan fingerprint density at radius 3 is 2.00 bits per heavy atom. The van der Waals surface area contributed by atoms with Gasteiger partial charge in [0.25, 0.3) is 0 Å². The number of halogens is 3. The molecule has 0 unspecified atom stereocenters. The maximum Gasteiger partial charge on any atom is 0.248 e. The monoisotopic (exact) mass is 201 g/mol. The van der Waals surface area contributed by atoms with Crippen molar-refractivity contribution in [1.29, 1.82) is 0 Å². The highest BCUT2D eigenvalue weighted by molar-refractivity contribution is 6.17. The van der Waals surface area contributed by atoms with Crippen molar-refractivity contribution in [3.05, 3.63) is 41.7 Å². The van der Waals surface area contributed by atoms with Crippen LogP contribution < -0.4 is 5.73 Å². The molecule has 0 fully saturated rings. The van der Waals surface area contributed by atoms with Gasteiger partial charge < -0.3 is 5.73 Å². The van der Waals surface area contributed by atoms with Crippen molar-refractivity contribution >= 4 is 11.5 Å². The quantitative estimate of drug-likeness (QED) is 0.573. The van der Waals surface area contributed by atoms with E-state index in [0.717, 1.165) is 0 Å². The SMILES string of the molecule is C=C(C(N)=O)c1cc(F)c(F)c(F)c1. The van der Waals surface area contributed by atoms with Crippen molar-refractivity contribution in [2.24, 2.45) is 5.73 Å². The summed E-state index contributed by atoms with van der Waals surface area (Å²) in [4.78, 5) is 10.6. The molecule has 74 valence electrons. The van der Waals surface area contributed by atoms with E-state index in [4.69, 9.17) is 5.73 Å². The van der Waals surface area contributed by atoms with Crippen LogP contribution in [-0.2, 0) is 4.79 Å². The van der Waals surface area contributed by atoms with Gasteiger partial charge in [-0.2, -0.15) is 0 Å². The van der Waals surface area contributed by atoms with E-state index in [0.29, 0.717) is 12.1 Å². The summed E-state index contributed by atoms with van der Waals surface area (Å²) in [5.41, 5.74) is 4.38. The minimum atomic E-state index is -1.59. The number of carbonyl (C=O) groups is 1. The van der Waals surface area contributed by atoms with Gasteiger partial charge in [0.1, 0.15) is 0 Å². The Morgan fingerprint density at radius 1 is 1.21 bits per heavy atom. The largest absolute Gasteiger partial charge is 0.366 e. The first-order valence-corrected chi connectivity index (χ1v) is 3.57. The third kappa shape index (κ3) is 1.76. The summed E-state index contributed by atoms with van der Waals surface area (Å²) in [7, 11) is 0. The number of nitrogens with two attached hydrogens (primary N) is 1. The molecule has 0 aliphatic carbocycles. The van der Waals surface area contributed by atoms with Crippen molar-refractivity contribution in [3.63, 3.8) is 0 Å². The van der Waals surface area contributed by atoms with Gasteiger partial charge in [-0.3, -0.25) is 4.79 Å². The molecule has 5 heteroatoms. The van der Waals surface area contributed by atoms with Crippen LogP contribution in [-0.4, -0.2) is 5.91 Å². The second kappa shape index (κ2) is 3.53. The average molecular weight is 201 g/mol. The third-order valence-corrected chi connectivity index (χ3v) is 1.63. The molecule has 0 aliphatic rings. The van der Waals surface area contributed by atoms with Crippen LogP contribution in [0.15, 0.2) is 18.7 Å². The van der Waals surface area contributed by atoms with Crippen LogP contribution in [0.4, 0.5) is 13.2 Å². The Morgan fingerprint density at radius 2 is 1.64 bits per heavy atom. The molecule has 2 nitrogen and oxygen atoms in total. The number of hydrogen-bond acceptors (Lipinski definition) is 1. The number of primary amides is 1. The third-order valence-electron chi connectivity index (χ3n) is 1.63. The summed E-state index contributed by atoms with van der Waals surface area (Å²) >= 11 is 0. The Balaban J connectivity index is 3.26. The molecule has 14 heavy (non-hydrogen) atoms. The van der Waals surface area contributed by atoms with Crippen LogP contribution >= 0.6 is 0 Å². The lowest BCUT2D eigenvalue weighted by Gasteiger charge is -2.02. The van der Waals surface area contributed by atoms with Crippen LogP contribution in [0.2, 0.25) is 0 Å². The summed E-state index contributed by atoms with van der Waals surface area (Å²) in [6.45, 7) is 3.21. The molecule has 0 bridgehead atoms. The predicted octanol–water partition coefficient (Wildman–Crippen LogP) is 1.60. The van der Waals surface area contributed by atoms with Crippen LogP contribution in [0.25, 0.3) is 5.57 Å². The van der Waals surface area contributed by atoms with E-state index in [1.807, 2.05) is 0 Å². The summed E-state index contributed by atoms with van der Waals surface area (Å²) in [5.74, 6) is -5.29. The topological polar surface area (TPSA) is 43.1 Å². The van der Waals surface area contributed by atoms with Crippen LogP contribution in [0.5, 0.6) is 0 Å². The standard InChI is InChI=1S/C9H6F3NO/c1-4(9(13)14)5-2-6(10)8(12)7(11)3-5/h2-3H,1H2,(H2,13,14). The molecule has 0 radical (unpaired) electrons. The zero-order valence-corrected chi connectivity index (χ0v) is 6.98. The van der Waals surface area contributed by atoms with Crippen molar-refractivity contribution in [3.8, 4) is 0 Å². The molecule has 2 N–H and O–H groups in total. The van der Waals surface area contributed by atoms with Gasteiger partial charge in [-0.1, -0.05) is 6.58 Å². The Kier molecular flexibility index (Phi) is 2.60. The summed E-state index contributed by atoms with van der Waals surface area (Å²) in [6.07, 6.45) is 0. The van der Waals surface area contributed by atoms with Crippen molar-refractivity contribution < 1.29 is 18.0 Å². The number of hydrogen-bond donors (Lipinski definition) is 1. The molecule has 0 aliphatic heterocycles. The average Bonchev–Trinajstić information content (AvgIpc) is 2.12. The second-order valence-corrected chi connectivity index (χ2v) is 2.60. The number of rotatable bonds is 2. The Bertz CT molecular complexity index is 392. The van der Waals surface area contributed by atoms with Crippen LogP contribution in [0.1, 0.15) is 5.56 Å². The van der Waals surface area contributed by atoms with E-state index in [9.17, 15) is 18.0 Å². The van der Waals surface area contributed by atoms with Crippen molar-refractivity contribution in [2.75, 3.05) is 0 Å². The maximum atomic E-state index is 12.7. The summed E-state index contributed by atoms with van der Waals surface area (Å²) < 4.78 is 37.8. The first-order valence-electron chi connectivity index (χ1n) is 3.57. The number of carbonyl (C=O) groups excluding carboxylic acids is 1. The van der Waals surface area contributed by atoms with Crippen LogP contribution in [0, 0.1) is 17.5 Å². The fourth-order valence-corrected chi connectivity index (χ4v) is 0.872. The molecule has 0 spiro atoms. The lowest BCUT2D eigenvalue weighted by molar-refractivity contribution is -0.112. The second-order valence-electron chi connectivity index (χ2n) is 2.60. The van der Waals surface area contributed by atoms with Gasteiger partial charge in [-0.15, -0.1) is 0 Å². The minimum absolute atomic E-state index is 0.172. The minimum Gasteiger partial charge on any atom is -0.366 e. The lowest BCUT2D eigenvalue weighted by atomic mass is 10.1. The first kappa shape index (κ1) is 10.3. The van der Waals surface area contributed by atoms with Gasteiger partial charge in [0.05, 0.1) is 0 Å². The fraction of sp³-hybridized carbons (Fsp3) is 0. The van der Waals surface area contributed by atoms with E-state index >= 15 is 0 Å². The highest BCUT2D eigenvalue weighted by Crippen LogP contribution is 2.18. The van der Waals surface area contributed by atoms with Gasteiger partial charge >= 0.3 is 0 Å². The van der Waals surface area contributed by atoms with E-state index in [1.54, 1.807) is 0 Å². The molecule has 1 aromatic carbocycles.